The molecule has 0 bridgehead atoms. The first kappa shape index (κ1) is 24.7. The summed E-state index contributed by atoms with van der Waals surface area (Å²) < 4.78 is 27.8. The van der Waals surface area contributed by atoms with Gasteiger partial charge in [-0.1, -0.05) is 72.8 Å². The van der Waals surface area contributed by atoms with Gasteiger partial charge in [-0.25, -0.2) is 8.42 Å². The Labute approximate surface area is 209 Å². The van der Waals surface area contributed by atoms with E-state index in [-0.39, 0.29) is 22.4 Å². The molecule has 7 nitrogen and oxygen atoms in total. The molecule has 0 saturated carbocycles. The molecular weight excluding hydrogens is 480 g/mol. The summed E-state index contributed by atoms with van der Waals surface area (Å²) in [7, 11) is -3.64. The van der Waals surface area contributed by atoms with Gasteiger partial charge in [-0.2, -0.15) is 0 Å². The molecule has 0 fully saturated rings. The quantitative estimate of drug-likeness (QED) is 0.319. The van der Waals surface area contributed by atoms with Crippen LogP contribution in [0.4, 0.5) is 5.69 Å². The number of hydrogen-bond donors (Lipinski definition) is 1. The van der Waals surface area contributed by atoms with Crippen molar-refractivity contribution in [3.05, 3.63) is 96.3 Å². The SMILES string of the molecule is CCC(Sc1nnc(CS(=O)(=O)c2ccccc2)n1-c1ccccc1)C(=O)Nc1ccc(C)cc1. The Hall–Kier alpha value is -3.43. The number of benzene rings is 3. The van der Waals surface area contributed by atoms with E-state index in [1.54, 1.807) is 34.9 Å². The minimum absolute atomic E-state index is 0.151. The molecule has 4 rings (SSSR count). The van der Waals surface area contributed by atoms with E-state index >= 15 is 0 Å². The van der Waals surface area contributed by atoms with E-state index in [2.05, 4.69) is 15.5 Å². The molecule has 0 radical (unpaired) electrons. The van der Waals surface area contributed by atoms with Crippen LogP contribution in [0, 0.1) is 6.92 Å². The zero-order valence-corrected chi connectivity index (χ0v) is 21.1. The summed E-state index contributed by atoms with van der Waals surface area (Å²) in [5, 5.41) is 11.5. The van der Waals surface area contributed by atoms with Crippen LogP contribution in [-0.2, 0) is 20.4 Å². The third-order valence-electron chi connectivity index (χ3n) is 5.37. The molecule has 0 aliphatic carbocycles. The molecule has 0 spiro atoms. The second kappa shape index (κ2) is 10.9. The number of aryl methyl sites for hydroxylation is 1. The fraction of sp³-hybridized carbons (Fsp3) is 0.192. The molecule has 1 atom stereocenters. The lowest BCUT2D eigenvalue weighted by atomic mass is 10.2. The summed E-state index contributed by atoms with van der Waals surface area (Å²) in [6, 6.07) is 25.2. The Balaban J connectivity index is 1.63. The van der Waals surface area contributed by atoms with Gasteiger partial charge in [0.05, 0.1) is 10.1 Å². The molecule has 1 heterocycles. The van der Waals surface area contributed by atoms with Crippen molar-refractivity contribution in [3.63, 3.8) is 0 Å². The Morgan fingerprint density at radius 2 is 1.57 bits per heavy atom. The van der Waals surface area contributed by atoms with E-state index < -0.39 is 15.1 Å². The molecule has 4 aromatic rings. The molecule has 1 N–H and O–H groups in total. The van der Waals surface area contributed by atoms with Crippen molar-refractivity contribution < 1.29 is 13.2 Å². The van der Waals surface area contributed by atoms with Crippen LogP contribution in [0.25, 0.3) is 5.69 Å². The summed E-state index contributed by atoms with van der Waals surface area (Å²) in [6.07, 6.45) is 0.557. The zero-order valence-electron chi connectivity index (χ0n) is 19.5. The number of para-hydroxylation sites is 1. The number of hydrogen-bond acceptors (Lipinski definition) is 6. The lowest BCUT2D eigenvalue weighted by Crippen LogP contribution is -2.25. The van der Waals surface area contributed by atoms with Gasteiger partial charge in [-0.3, -0.25) is 9.36 Å². The third-order valence-corrected chi connectivity index (χ3v) is 8.30. The highest BCUT2D eigenvalue weighted by atomic mass is 32.2. The number of carbonyl (C=O) groups is 1. The van der Waals surface area contributed by atoms with Crippen LogP contribution >= 0.6 is 11.8 Å². The Morgan fingerprint density at radius 3 is 2.20 bits per heavy atom. The fourth-order valence-electron chi connectivity index (χ4n) is 3.50. The minimum Gasteiger partial charge on any atom is -0.325 e. The number of amides is 1. The van der Waals surface area contributed by atoms with Gasteiger partial charge >= 0.3 is 0 Å². The predicted molar refractivity (Wildman–Crippen MR) is 138 cm³/mol. The largest absolute Gasteiger partial charge is 0.325 e. The Bertz CT molecular complexity index is 1390. The topological polar surface area (TPSA) is 93.9 Å². The highest BCUT2D eigenvalue weighted by Crippen LogP contribution is 2.29. The highest BCUT2D eigenvalue weighted by Gasteiger charge is 2.26. The van der Waals surface area contributed by atoms with E-state index in [1.807, 2.05) is 68.4 Å². The maximum Gasteiger partial charge on any atom is 0.237 e. The first-order valence-corrected chi connectivity index (χ1v) is 13.7. The molecule has 0 saturated heterocycles. The molecular formula is C26H26N4O3S2. The molecule has 180 valence electrons. The first-order valence-electron chi connectivity index (χ1n) is 11.2. The lowest BCUT2D eigenvalue weighted by molar-refractivity contribution is -0.115. The summed E-state index contributed by atoms with van der Waals surface area (Å²) in [4.78, 5) is 13.2. The number of anilines is 1. The minimum atomic E-state index is -3.64. The molecule has 1 aromatic heterocycles. The molecule has 1 unspecified atom stereocenters. The normalized spacial score (nSPS) is 12.3. The van der Waals surface area contributed by atoms with Gasteiger partial charge in [0.15, 0.2) is 20.8 Å². The van der Waals surface area contributed by atoms with Crippen molar-refractivity contribution in [1.29, 1.82) is 0 Å². The monoisotopic (exact) mass is 506 g/mol. The average molecular weight is 507 g/mol. The standard InChI is InChI=1S/C26H26N4O3S2/c1-3-23(25(31)27-20-16-14-19(2)15-17-20)34-26-29-28-24(30(26)21-10-6-4-7-11-21)18-35(32,33)22-12-8-5-9-13-22/h4-17,23H,3,18H2,1-2H3,(H,27,31). The Kier molecular flexibility index (Phi) is 7.67. The van der Waals surface area contributed by atoms with E-state index in [9.17, 15) is 13.2 Å². The van der Waals surface area contributed by atoms with Crippen molar-refractivity contribution in [1.82, 2.24) is 14.8 Å². The van der Waals surface area contributed by atoms with Gasteiger partial charge in [-0.05, 0) is 49.7 Å². The average Bonchev–Trinajstić information content (AvgIpc) is 3.26. The molecule has 3 aromatic carbocycles. The summed E-state index contributed by atoms with van der Waals surface area (Å²) in [6.45, 7) is 3.92. The van der Waals surface area contributed by atoms with Crippen LogP contribution in [0.1, 0.15) is 24.7 Å². The van der Waals surface area contributed by atoms with Gasteiger partial charge in [0.2, 0.25) is 5.91 Å². The van der Waals surface area contributed by atoms with Crippen LogP contribution in [0.3, 0.4) is 0 Å². The number of nitrogens with zero attached hydrogens (tertiary/aromatic N) is 3. The maximum absolute atomic E-state index is 13.1. The summed E-state index contributed by atoms with van der Waals surface area (Å²) in [5.74, 6) is -0.176. The smallest absolute Gasteiger partial charge is 0.237 e. The molecule has 0 aliphatic rings. The van der Waals surface area contributed by atoms with E-state index in [1.165, 1.54) is 11.8 Å². The first-order chi connectivity index (χ1) is 16.9. The predicted octanol–water partition coefficient (Wildman–Crippen LogP) is 5.06. The number of nitrogens with one attached hydrogen (secondary N) is 1. The van der Waals surface area contributed by atoms with Gasteiger partial charge in [0, 0.05) is 11.4 Å². The highest BCUT2D eigenvalue weighted by molar-refractivity contribution is 8.00. The van der Waals surface area contributed by atoms with Crippen LogP contribution in [0.2, 0.25) is 0 Å². The van der Waals surface area contributed by atoms with Gasteiger partial charge in [0.25, 0.3) is 0 Å². The van der Waals surface area contributed by atoms with Crippen molar-refractivity contribution in [2.24, 2.45) is 0 Å². The fourth-order valence-corrected chi connectivity index (χ4v) is 5.75. The Morgan fingerprint density at radius 1 is 0.943 bits per heavy atom. The van der Waals surface area contributed by atoms with E-state index in [0.29, 0.717) is 11.6 Å². The number of sulfone groups is 1. The van der Waals surface area contributed by atoms with Gasteiger partial charge in [-0.15, -0.1) is 10.2 Å². The van der Waals surface area contributed by atoms with E-state index in [0.717, 1.165) is 16.9 Å². The van der Waals surface area contributed by atoms with Crippen molar-refractivity contribution in [2.75, 3.05) is 5.32 Å². The second-order valence-electron chi connectivity index (χ2n) is 8.01. The number of rotatable bonds is 9. The van der Waals surface area contributed by atoms with Crippen LogP contribution < -0.4 is 5.32 Å². The van der Waals surface area contributed by atoms with Crippen LogP contribution in [0.5, 0.6) is 0 Å². The third kappa shape index (κ3) is 5.98. The molecule has 9 heteroatoms. The molecule has 35 heavy (non-hydrogen) atoms. The summed E-state index contributed by atoms with van der Waals surface area (Å²) >= 11 is 1.27. The van der Waals surface area contributed by atoms with Crippen molar-refractivity contribution in [2.45, 2.75) is 41.3 Å². The zero-order chi connectivity index (χ0) is 24.8. The van der Waals surface area contributed by atoms with Gasteiger partial charge < -0.3 is 5.32 Å². The maximum atomic E-state index is 13.1. The van der Waals surface area contributed by atoms with Crippen molar-refractivity contribution in [3.8, 4) is 5.69 Å². The number of thioether (sulfide) groups is 1. The van der Waals surface area contributed by atoms with Gasteiger partial charge in [0.1, 0.15) is 5.75 Å². The number of aromatic nitrogens is 3. The van der Waals surface area contributed by atoms with Crippen LogP contribution in [0.15, 0.2) is 95.0 Å². The number of carbonyl (C=O) groups excluding carboxylic acids is 1. The van der Waals surface area contributed by atoms with E-state index in [4.69, 9.17) is 0 Å². The lowest BCUT2D eigenvalue weighted by Gasteiger charge is -2.16. The van der Waals surface area contributed by atoms with Crippen LogP contribution in [-0.4, -0.2) is 34.3 Å². The molecule has 0 aliphatic heterocycles. The second-order valence-corrected chi connectivity index (χ2v) is 11.2. The molecule has 1 amide bonds. The van der Waals surface area contributed by atoms with Crippen molar-refractivity contribution >= 4 is 33.2 Å². The summed E-state index contributed by atoms with van der Waals surface area (Å²) in [5.41, 5.74) is 2.56.